The highest BCUT2D eigenvalue weighted by atomic mass is 16.1. The molecule has 0 aliphatic carbocycles. The SMILES string of the molecule is N#Cc1ncn(CC(=O)c2ccc3c(c2)CCC(=O)N3)n1. The fourth-order valence-corrected chi connectivity index (χ4v) is 2.22. The van der Waals surface area contributed by atoms with Crippen molar-refractivity contribution in [3.05, 3.63) is 41.5 Å². The van der Waals surface area contributed by atoms with Crippen LogP contribution in [-0.2, 0) is 17.8 Å². The van der Waals surface area contributed by atoms with E-state index in [9.17, 15) is 9.59 Å². The van der Waals surface area contributed by atoms with Crippen LogP contribution in [0, 0.1) is 11.3 Å². The standard InChI is InChI=1S/C14H11N5O2/c15-6-13-16-8-19(18-13)7-12(20)10-1-3-11-9(5-10)2-4-14(21)17-11/h1,3,5,8H,2,4,7H2,(H,17,21). The van der Waals surface area contributed by atoms with Gasteiger partial charge in [0.25, 0.3) is 5.82 Å². The number of nitrogens with one attached hydrogen (secondary N) is 1. The molecule has 1 aliphatic rings. The van der Waals surface area contributed by atoms with Crippen molar-refractivity contribution in [3.63, 3.8) is 0 Å². The first-order valence-corrected chi connectivity index (χ1v) is 6.41. The lowest BCUT2D eigenvalue weighted by Crippen LogP contribution is -2.19. The number of hydrogen-bond acceptors (Lipinski definition) is 5. The van der Waals surface area contributed by atoms with Crippen LogP contribution in [0.4, 0.5) is 5.69 Å². The number of aromatic nitrogens is 3. The van der Waals surface area contributed by atoms with Crippen LogP contribution in [0.15, 0.2) is 24.5 Å². The van der Waals surface area contributed by atoms with Crippen molar-refractivity contribution in [3.8, 4) is 6.07 Å². The van der Waals surface area contributed by atoms with Crippen LogP contribution in [0.3, 0.4) is 0 Å². The van der Waals surface area contributed by atoms with E-state index in [1.165, 1.54) is 11.0 Å². The summed E-state index contributed by atoms with van der Waals surface area (Å²) < 4.78 is 1.34. The first-order valence-electron chi connectivity index (χ1n) is 6.41. The zero-order chi connectivity index (χ0) is 14.8. The van der Waals surface area contributed by atoms with Crippen LogP contribution in [-0.4, -0.2) is 26.5 Å². The molecule has 7 nitrogen and oxygen atoms in total. The van der Waals surface area contributed by atoms with Gasteiger partial charge in [-0.2, -0.15) is 5.26 Å². The summed E-state index contributed by atoms with van der Waals surface area (Å²) in [5.41, 5.74) is 2.27. The molecule has 1 aliphatic heterocycles. The molecule has 21 heavy (non-hydrogen) atoms. The molecule has 3 rings (SSSR count). The molecule has 0 bridgehead atoms. The number of nitrogens with zero attached hydrogens (tertiary/aromatic N) is 4. The summed E-state index contributed by atoms with van der Waals surface area (Å²) >= 11 is 0. The number of nitriles is 1. The van der Waals surface area contributed by atoms with Gasteiger partial charge in [-0.15, -0.1) is 5.10 Å². The average Bonchev–Trinajstić information content (AvgIpc) is 2.94. The molecule has 0 fully saturated rings. The van der Waals surface area contributed by atoms with E-state index in [0.717, 1.165) is 11.3 Å². The number of Topliss-reactive ketones (excluding diaryl/α,β-unsaturated/α-hetero) is 1. The van der Waals surface area contributed by atoms with Gasteiger partial charge in [0.05, 0.1) is 0 Å². The Morgan fingerprint density at radius 2 is 2.29 bits per heavy atom. The van der Waals surface area contributed by atoms with Gasteiger partial charge in [-0.05, 0) is 30.2 Å². The minimum atomic E-state index is -0.121. The quantitative estimate of drug-likeness (QED) is 0.843. The average molecular weight is 281 g/mol. The predicted octanol–water partition coefficient (Wildman–Crippen LogP) is 0.917. The Kier molecular flexibility index (Phi) is 3.20. The van der Waals surface area contributed by atoms with Crippen molar-refractivity contribution in [2.24, 2.45) is 0 Å². The predicted molar refractivity (Wildman–Crippen MR) is 72.5 cm³/mol. The first kappa shape index (κ1) is 13.0. The van der Waals surface area contributed by atoms with Gasteiger partial charge in [-0.1, -0.05) is 0 Å². The van der Waals surface area contributed by atoms with Crippen LogP contribution in [0.2, 0.25) is 0 Å². The normalized spacial score (nSPS) is 13.2. The number of aryl methyl sites for hydroxylation is 1. The monoisotopic (exact) mass is 281 g/mol. The van der Waals surface area contributed by atoms with Gasteiger partial charge in [-0.25, -0.2) is 9.67 Å². The highest BCUT2D eigenvalue weighted by Crippen LogP contribution is 2.23. The van der Waals surface area contributed by atoms with Crippen LogP contribution >= 0.6 is 0 Å². The summed E-state index contributed by atoms with van der Waals surface area (Å²) in [6, 6.07) is 7.02. The maximum absolute atomic E-state index is 12.2. The number of carbonyl (C=O) groups excluding carboxylic acids is 2. The van der Waals surface area contributed by atoms with E-state index in [2.05, 4.69) is 15.4 Å². The van der Waals surface area contributed by atoms with Crippen molar-refractivity contribution in [1.82, 2.24) is 14.8 Å². The van der Waals surface area contributed by atoms with Gasteiger partial charge in [0.1, 0.15) is 18.9 Å². The molecule has 1 N–H and O–H groups in total. The summed E-state index contributed by atoms with van der Waals surface area (Å²) in [7, 11) is 0. The van der Waals surface area contributed by atoms with Gasteiger partial charge in [0.15, 0.2) is 5.78 Å². The van der Waals surface area contributed by atoms with Crippen molar-refractivity contribution in [2.45, 2.75) is 19.4 Å². The van der Waals surface area contributed by atoms with E-state index in [0.29, 0.717) is 18.4 Å². The van der Waals surface area contributed by atoms with Gasteiger partial charge in [0.2, 0.25) is 5.91 Å². The van der Waals surface area contributed by atoms with E-state index in [1.807, 2.05) is 6.07 Å². The number of hydrogen-bond donors (Lipinski definition) is 1. The molecule has 0 radical (unpaired) electrons. The molecule has 0 saturated carbocycles. The summed E-state index contributed by atoms with van der Waals surface area (Å²) in [6.07, 6.45) is 2.42. The third-order valence-corrected chi connectivity index (χ3v) is 3.26. The molecule has 0 atom stereocenters. The second kappa shape index (κ2) is 5.17. The van der Waals surface area contributed by atoms with Crippen molar-refractivity contribution in [2.75, 3.05) is 5.32 Å². The Bertz CT molecular complexity index is 772. The molecule has 1 aromatic heterocycles. The van der Waals surface area contributed by atoms with Crippen LogP contribution in [0.5, 0.6) is 0 Å². The van der Waals surface area contributed by atoms with E-state index in [4.69, 9.17) is 5.26 Å². The number of fused-ring (bicyclic) bond motifs is 1. The lowest BCUT2D eigenvalue weighted by atomic mass is 9.99. The molecular weight excluding hydrogens is 270 g/mol. The summed E-state index contributed by atoms with van der Waals surface area (Å²) in [5.74, 6) is -0.0896. The number of anilines is 1. The highest BCUT2D eigenvalue weighted by molar-refractivity contribution is 5.98. The zero-order valence-corrected chi connectivity index (χ0v) is 11.0. The lowest BCUT2D eigenvalue weighted by Gasteiger charge is -2.17. The number of benzene rings is 1. The van der Waals surface area contributed by atoms with Crippen molar-refractivity contribution < 1.29 is 9.59 Å². The lowest BCUT2D eigenvalue weighted by molar-refractivity contribution is -0.116. The van der Waals surface area contributed by atoms with Crippen LogP contribution in [0.25, 0.3) is 0 Å². The molecule has 1 aromatic carbocycles. The number of rotatable bonds is 3. The first-order chi connectivity index (χ1) is 10.2. The van der Waals surface area contributed by atoms with Crippen molar-refractivity contribution in [1.29, 1.82) is 5.26 Å². The molecule has 7 heteroatoms. The van der Waals surface area contributed by atoms with E-state index < -0.39 is 0 Å². The van der Waals surface area contributed by atoms with Gasteiger partial charge in [-0.3, -0.25) is 9.59 Å². The fraction of sp³-hybridized carbons (Fsp3) is 0.214. The highest BCUT2D eigenvalue weighted by Gasteiger charge is 2.17. The second-order valence-corrected chi connectivity index (χ2v) is 4.72. The molecule has 2 aromatic rings. The Morgan fingerprint density at radius 1 is 1.43 bits per heavy atom. The zero-order valence-electron chi connectivity index (χ0n) is 11.0. The third-order valence-electron chi connectivity index (χ3n) is 3.26. The van der Waals surface area contributed by atoms with E-state index in [1.54, 1.807) is 18.2 Å². The third kappa shape index (κ3) is 2.65. The molecule has 0 spiro atoms. The Balaban J connectivity index is 1.79. The molecular formula is C14H11N5O2. The number of amides is 1. The molecule has 1 amide bonds. The largest absolute Gasteiger partial charge is 0.326 e. The molecule has 0 unspecified atom stereocenters. The Morgan fingerprint density at radius 3 is 3.05 bits per heavy atom. The van der Waals surface area contributed by atoms with E-state index in [-0.39, 0.29) is 24.1 Å². The maximum Gasteiger partial charge on any atom is 0.252 e. The van der Waals surface area contributed by atoms with Crippen LogP contribution in [0.1, 0.15) is 28.2 Å². The summed E-state index contributed by atoms with van der Waals surface area (Å²) in [4.78, 5) is 27.2. The smallest absolute Gasteiger partial charge is 0.252 e. The van der Waals surface area contributed by atoms with E-state index >= 15 is 0 Å². The van der Waals surface area contributed by atoms with Gasteiger partial charge < -0.3 is 5.32 Å². The van der Waals surface area contributed by atoms with Crippen molar-refractivity contribution >= 4 is 17.4 Å². The van der Waals surface area contributed by atoms with Gasteiger partial charge >= 0.3 is 0 Å². The van der Waals surface area contributed by atoms with Crippen LogP contribution < -0.4 is 5.32 Å². The number of ketones is 1. The molecule has 2 heterocycles. The minimum absolute atomic E-state index is 0.00627. The number of carbonyl (C=O) groups is 2. The Labute approximate surface area is 120 Å². The minimum Gasteiger partial charge on any atom is -0.326 e. The summed E-state index contributed by atoms with van der Waals surface area (Å²) in [5, 5.41) is 15.3. The molecule has 104 valence electrons. The maximum atomic E-state index is 12.2. The summed E-state index contributed by atoms with van der Waals surface area (Å²) in [6.45, 7) is 0.0276. The van der Waals surface area contributed by atoms with Gasteiger partial charge in [0, 0.05) is 17.7 Å². The topological polar surface area (TPSA) is 101 Å². The fourth-order valence-electron chi connectivity index (χ4n) is 2.22. The Hall–Kier alpha value is -3.01. The second-order valence-electron chi connectivity index (χ2n) is 4.72. The molecule has 0 saturated heterocycles.